The highest BCUT2D eigenvalue weighted by Gasteiger charge is 2.00. The van der Waals surface area contributed by atoms with Crippen LogP contribution in [0.4, 0.5) is 0 Å². The van der Waals surface area contributed by atoms with Gasteiger partial charge in [-0.25, -0.2) is 4.99 Å². The van der Waals surface area contributed by atoms with Crippen LogP contribution in [0, 0.1) is 0 Å². The lowest BCUT2D eigenvalue weighted by molar-refractivity contribution is 0.100. The number of hydrogen-bond acceptors (Lipinski definition) is 2. The first-order valence-electron chi connectivity index (χ1n) is 3.56. The molecular weight excluding hydrogens is 154 g/mol. The fourth-order valence-electron chi connectivity index (χ4n) is 0.796. The number of amides is 1. The van der Waals surface area contributed by atoms with E-state index in [-0.39, 0.29) is 11.7 Å². The molecular formula is C9H9NO2. The number of hydrogen-bond donors (Lipinski definition) is 1. The first-order chi connectivity index (χ1) is 5.74. The summed E-state index contributed by atoms with van der Waals surface area (Å²) in [6.07, 6.45) is 1.44. The van der Waals surface area contributed by atoms with E-state index in [9.17, 15) is 4.79 Å². The highest BCUT2D eigenvalue weighted by molar-refractivity contribution is 5.98. The van der Waals surface area contributed by atoms with Crippen molar-refractivity contribution < 1.29 is 9.90 Å². The lowest BCUT2D eigenvalue weighted by atomic mass is 10.2. The first kappa shape index (κ1) is 8.46. The van der Waals surface area contributed by atoms with E-state index in [1.807, 2.05) is 0 Å². The number of phenols is 1. The van der Waals surface area contributed by atoms with Crippen LogP contribution in [0.5, 0.6) is 5.75 Å². The molecule has 1 N–H and O–H groups in total. The van der Waals surface area contributed by atoms with Crippen molar-refractivity contribution in [3.63, 3.8) is 0 Å². The molecule has 3 nitrogen and oxygen atoms in total. The molecule has 0 saturated heterocycles. The predicted octanol–water partition coefficient (Wildman–Crippen LogP) is 1.62. The van der Waals surface area contributed by atoms with E-state index < -0.39 is 0 Å². The summed E-state index contributed by atoms with van der Waals surface area (Å²) in [6.45, 7) is 1.68. The fourth-order valence-corrected chi connectivity index (χ4v) is 0.796. The first-order valence-corrected chi connectivity index (χ1v) is 3.56. The van der Waals surface area contributed by atoms with E-state index in [1.54, 1.807) is 6.92 Å². The second kappa shape index (κ2) is 3.67. The van der Waals surface area contributed by atoms with Gasteiger partial charge in [-0.05, 0) is 31.2 Å². The summed E-state index contributed by atoms with van der Waals surface area (Å²) in [6, 6.07) is 5.98. The summed E-state index contributed by atoms with van der Waals surface area (Å²) in [5, 5.41) is 8.92. The molecule has 62 valence electrons. The van der Waals surface area contributed by atoms with Crippen molar-refractivity contribution in [3.8, 4) is 5.75 Å². The highest BCUT2D eigenvalue weighted by Crippen LogP contribution is 2.09. The molecule has 1 aromatic carbocycles. The van der Waals surface area contributed by atoms with Gasteiger partial charge in [0.2, 0.25) is 0 Å². The molecule has 1 amide bonds. The number of carbonyl (C=O) groups is 1. The summed E-state index contributed by atoms with van der Waals surface area (Å²) in [5.41, 5.74) is 0.478. The quantitative estimate of drug-likeness (QED) is 0.639. The Labute approximate surface area is 70.4 Å². The molecule has 0 atom stereocenters. The van der Waals surface area contributed by atoms with Crippen molar-refractivity contribution in [2.45, 2.75) is 6.92 Å². The van der Waals surface area contributed by atoms with Crippen LogP contribution in [0.25, 0.3) is 0 Å². The molecule has 0 aliphatic carbocycles. The van der Waals surface area contributed by atoms with Gasteiger partial charge in [0, 0.05) is 11.8 Å². The number of benzene rings is 1. The van der Waals surface area contributed by atoms with E-state index in [2.05, 4.69) is 4.99 Å². The van der Waals surface area contributed by atoms with Gasteiger partial charge in [0.15, 0.2) is 0 Å². The monoisotopic (exact) mass is 163 g/mol. The highest BCUT2D eigenvalue weighted by atomic mass is 16.3. The zero-order chi connectivity index (χ0) is 8.97. The van der Waals surface area contributed by atoms with Crippen LogP contribution < -0.4 is 0 Å². The number of nitrogens with zero attached hydrogens (tertiary/aromatic N) is 1. The van der Waals surface area contributed by atoms with Gasteiger partial charge in [-0.1, -0.05) is 0 Å². The molecule has 1 rings (SSSR count). The lowest BCUT2D eigenvalue weighted by Gasteiger charge is -1.94. The standard InChI is InChI=1S/C9H9NO2/c1-2-10-9(12)7-3-5-8(11)6-4-7/h2-6,11H,1H3. The Morgan fingerprint density at radius 3 is 2.50 bits per heavy atom. The molecule has 0 aliphatic rings. The molecule has 0 radical (unpaired) electrons. The lowest BCUT2D eigenvalue weighted by Crippen LogP contribution is -1.93. The third kappa shape index (κ3) is 1.92. The van der Waals surface area contributed by atoms with Gasteiger partial charge in [-0.3, -0.25) is 4.79 Å². The third-order valence-electron chi connectivity index (χ3n) is 1.36. The van der Waals surface area contributed by atoms with Crippen molar-refractivity contribution in [1.29, 1.82) is 0 Å². The Kier molecular flexibility index (Phi) is 2.58. The van der Waals surface area contributed by atoms with E-state index in [0.29, 0.717) is 5.56 Å². The van der Waals surface area contributed by atoms with E-state index >= 15 is 0 Å². The zero-order valence-electron chi connectivity index (χ0n) is 6.69. The topological polar surface area (TPSA) is 49.7 Å². The van der Waals surface area contributed by atoms with Crippen molar-refractivity contribution in [2.75, 3.05) is 0 Å². The molecule has 0 aliphatic heterocycles. The minimum absolute atomic E-state index is 0.145. The van der Waals surface area contributed by atoms with Crippen LogP contribution in [0.15, 0.2) is 29.3 Å². The minimum Gasteiger partial charge on any atom is -0.508 e. The van der Waals surface area contributed by atoms with E-state index in [1.165, 1.54) is 30.5 Å². The Morgan fingerprint density at radius 2 is 2.00 bits per heavy atom. The van der Waals surface area contributed by atoms with Gasteiger partial charge in [-0.2, -0.15) is 0 Å². The molecule has 1 aromatic rings. The molecule has 12 heavy (non-hydrogen) atoms. The largest absolute Gasteiger partial charge is 0.508 e. The summed E-state index contributed by atoms with van der Waals surface area (Å²) < 4.78 is 0. The van der Waals surface area contributed by atoms with E-state index in [0.717, 1.165) is 0 Å². The maximum absolute atomic E-state index is 11.1. The van der Waals surface area contributed by atoms with E-state index in [4.69, 9.17) is 5.11 Å². The van der Waals surface area contributed by atoms with Crippen molar-refractivity contribution in [1.82, 2.24) is 0 Å². The molecule has 0 aromatic heterocycles. The molecule has 0 spiro atoms. The fraction of sp³-hybridized carbons (Fsp3) is 0.111. The Bertz CT molecular complexity index is 301. The number of aliphatic imine (C=N–C) groups is 1. The molecule has 0 fully saturated rings. The van der Waals surface area contributed by atoms with Gasteiger partial charge < -0.3 is 5.11 Å². The number of carbonyl (C=O) groups excluding carboxylic acids is 1. The van der Waals surface area contributed by atoms with Crippen LogP contribution in [0.3, 0.4) is 0 Å². The number of rotatable bonds is 1. The molecule has 3 heteroatoms. The average molecular weight is 163 g/mol. The summed E-state index contributed by atoms with van der Waals surface area (Å²) in [4.78, 5) is 14.7. The van der Waals surface area contributed by atoms with Gasteiger partial charge >= 0.3 is 0 Å². The van der Waals surface area contributed by atoms with Crippen LogP contribution >= 0.6 is 0 Å². The number of phenolic OH excluding ortho intramolecular Hbond substituents is 1. The molecule has 0 bridgehead atoms. The molecule has 0 heterocycles. The summed E-state index contributed by atoms with van der Waals surface area (Å²) in [7, 11) is 0. The van der Waals surface area contributed by atoms with Gasteiger partial charge in [-0.15, -0.1) is 0 Å². The zero-order valence-corrected chi connectivity index (χ0v) is 6.69. The third-order valence-corrected chi connectivity index (χ3v) is 1.36. The Hall–Kier alpha value is -1.64. The average Bonchev–Trinajstić information content (AvgIpc) is 2.06. The molecule has 0 saturated carbocycles. The second-order valence-corrected chi connectivity index (χ2v) is 2.24. The van der Waals surface area contributed by atoms with Crippen molar-refractivity contribution >= 4 is 12.1 Å². The Balaban J connectivity index is 2.90. The van der Waals surface area contributed by atoms with Crippen LogP contribution in [-0.2, 0) is 0 Å². The predicted molar refractivity (Wildman–Crippen MR) is 46.6 cm³/mol. The Morgan fingerprint density at radius 1 is 1.42 bits per heavy atom. The van der Waals surface area contributed by atoms with Crippen molar-refractivity contribution in [2.24, 2.45) is 4.99 Å². The minimum atomic E-state index is -0.294. The smallest absolute Gasteiger partial charge is 0.276 e. The van der Waals surface area contributed by atoms with Crippen LogP contribution in [0.1, 0.15) is 17.3 Å². The van der Waals surface area contributed by atoms with Crippen molar-refractivity contribution in [3.05, 3.63) is 29.8 Å². The van der Waals surface area contributed by atoms with Gasteiger partial charge in [0.1, 0.15) is 5.75 Å². The maximum Gasteiger partial charge on any atom is 0.276 e. The SMILES string of the molecule is CC=NC(=O)c1ccc(O)cc1. The maximum atomic E-state index is 11.1. The summed E-state index contributed by atoms with van der Waals surface area (Å²) in [5.74, 6) is -0.149. The summed E-state index contributed by atoms with van der Waals surface area (Å²) >= 11 is 0. The normalized spacial score (nSPS) is 10.4. The second-order valence-electron chi connectivity index (χ2n) is 2.24. The van der Waals surface area contributed by atoms with Crippen LogP contribution in [0.2, 0.25) is 0 Å². The van der Waals surface area contributed by atoms with Gasteiger partial charge in [0.05, 0.1) is 0 Å². The van der Waals surface area contributed by atoms with Gasteiger partial charge in [0.25, 0.3) is 5.91 Å². The van der Waals surface area contributed by atoms with Crippen LogP contribution in [-0.4, -0.2) is 17.2 Å². The number of aromatic hydroxyl groups is 1. The molecule has 0 unspecified atom stereocenters.